The van der Waals surface area contributed by atoms with Crippen LogP contribution >= 0.6 is 27.7 Å². The lowest BCUT2D eigenvalue weighted by molar-refractivity contribution is 0.341. The zero-order chi connectivity index (χ0) is 13.8. The Labute approximate surface area is 122 Å². The molecule has 1 heterocycles. The first-order valence-corrected chi connectivity index (χ1v) is 7.20. The maximum absolute atomic E-state index is 13.1. The van der Waals surface area contributed by atoms with Crippen molar-refractivity contribution in [1.29, 1.82) is 0 Å². The molecule has 2 N–H and O–H groups in total. The van der Waals surface area contributed by atoms with Crippen molar-refractivity contribution >= 4 is 33.6 Å². The summed E-state index contributed by atoms with van der Waals surface area (Å²) in [5.74, 6) is 1.20. The summed E-state index contributed by atoms with van der Waals surface area (Å²) in [6.45, 7) is 0.438. The Morgan fingerprint density at radius 1 is 1.42 bits per heavy atom. The molecular weight excluding hydrogens is 335 g/mol. The lowest BCUT2D eigenvalue weighted by Crippen LogP contribution is -2.03. The van der Waals surface area contributed by atoms with Gasteiger partial charge in [-0.25, -0.2) is 4.39 Å². The second-order valence-electron chi connectivity index (χ2n) is 3.70. The van der Waals surface area contributed by atoms with Gasteiger partial charge in [0, 0.05) is 23.3 Å². The first-order chi connectivity index (χ1) is 9.06. The minimum atomic E-state index is -0.335. The molecule has 1 aromatic heterocycles. The van der Waals surface area contributed by atoms with Gasteiger partial charge in [-0.15, -0.1) is 10.2 Å². The summed E-state index contributed by atoms with van der Waals surface area (Å²) < 4.78 is 20.9. The molecule has 0 aliphatic rings. The largest absolute Gasteiger partial charge is 0.493 e. The van der Waals surface area contributed by atoms with E-state index in [2.05, 4.69) is 26.1 Å². The number of hydrogen-bond acceptors (Lipinski definition) is 5. The molecular formula is C11H12BrFN4OS. The van der Waals surface area contributed by atoms with Crippen molar-refractivity contribution in [3.63, 3.8) is 0 Å². The Morgan fingerprint density at radius 3 is 2.84 bits per heavy atom. The van der Waals surface area contributed by atoms with Gasteiger partial charge in [0.1, 0.15) is 11.6 Å². The number of halogens is 2. The minimum Gasteiger partial charge on any atom is -0.493 e. The fourth-order valence-corrected chi connectivity index (χ4v) is 2.54. The van der Waals surface area contributed by atoms with Gasteiger partial charge in [-0.05, 0) is 12.1 Å². The molecule has 2 rings (SSSR count). The molecule has 0 fully saturated rings. The monoisotopic (exact) mass is 346 g/mol. The van der Waals surface area contributed by atoms with E-state index in [1.807, 2.05) is 0 Å². The Hall–Kier alpha value is -1.28. The zero-order valence-corrected chi connectivity index (χ0v) is 12.5. The fourth-order valence-electron chi connectivity index (χ4n) is 1.36. The summed E-state index contributed by atoms with van der Waals surface area (Å²) in [6.07, 6.45) is 0. The van der Waals surface area contributed by atoms with Crippen LogP contribution in [-0.2, 0) is 7.05 Å². The van der Waals surface area contributed by atoms with Crippen molar-refractivity contribution in [2.75, 3.05) is 18.1 Å². The molecule has 0 radical (unpaired) electrons. The third-order valence-electron chi connectivity index (χ3n) is 2.29. The van der Waals surface area contributed by atoms with Gasteiger partial charge < -0.3 is 10.5 Å². The van der Waals surface area contributed by atoms with Crippen LogP contribution in [0.1, 0.15) is 0 Å². The standard InChI is InChI=1S/C11H12BrFN4OS/c1-17-10(14)15-16-11(17)19-3-2-18-9-5-7(12)4-8(13)6-9/h4-6H,2-3H2,1H3,(H2,14,15). The lowest BCUT2D eigenvalue weighted by Gasteiger charge is -2.06. The van der Waals surface area contributed by atoms with Crippen molar-refractivity contribution in [1.82, 2.24) is 14.8 Å². The van der Waals surface area contributed by atoms with E-state index in [1.54, 1.807) is 17.7 Å². The van der Waals surface area contributed by atoms with Crippen molar-refractivity contribution in [3.05, 3.63) is 28.5 Å². The summed E-state index contributed by atoms with van der Waals surface area (Å²) in [4.78, 5) is 0. The molecule has 0 aliphatic heterocycles. The lowest BCUT2D eigenvalue weighted by atomic mass is 10.3. The van der Waals surface area contributed by atoms with Gasteiger partial charge in [-0.1, -0.05) is 27.7 Å². The third-order valence-corrected chi connectivity index (χ3v) is 3.73. The second-order valence-corrected chi connectivity index (χ2v) is 5.68. The van der Waals surface area contributed by atoms with Gasteiger partial charge in [0.15, 0.2) is 5.16 Å². The van der Waals surface area contributed by atoms with E-state index in [-0.39, 0.29) is 5.82 Å². The summed E-state index contributed by atoms with van der Waals surface area (Å²) in [5, 5.41) is 8.39. The van der Waals surface area contributed by atoms with Gasteiger partial charge in [0.25, 0.3) is 0 Å². The molecule has 0 saturated heterocycles. The zero-order valence-electron chi connectivity index (χ0n) is 10.1. The van der Waals surface area contributed by atoms with E-state index >= 15 is 0 Å². The molecule has 19 heavy (non-hydrogen) atoms. The molecule has 0 aliphatic carbocycles. The van der Waals surface area contributed by atoms with Crippen LogP contribution in [0.2, 0.25) is 0 Å². The van der Waals surface area contributed by atoms with Crippen LogP contribution in [0.5, 0.6) is 5.75 Å². The Kier molecular flexibility index (Phi) is 4.65. The highest BCUT2D eigenvalue weighted by Gasteiger charge is 2.06. The first-order valence-electron chi connectivity index (χ1n) is 5.43. The predicted molar refractivity (Wildman–Crippen MR) is 75.7 cm³/mol. The quantitative estimate of drug-likeness (QED) is 0.665. The van der Waals surface area contributed by atoms with Crippen LogP contribution in [0.25, 0.3) is 0 Å². The number of rotatable bonds is 5. The smallest absolute Gasteiger partial charge is 0.222 e. The minimum absolute atomic E-state index is 0.335. The average Bonchev–Trinajstić information content (AvgIpc) is 2.65. The highest BCUT2D eigenvalue weighted by Crippen LogP contribution is 2.21. The van der Waals surface area contributed by atoms with Gasteiger partial charge in [0.05, 0.1) is 6.61 Å². The summed E-state index contributed by atoms with van der Waals surface area (Å²) in [5.41, 5.74) is 5.57. The van der Waals surface area contributed by atoms with Crippen molar-refractivity contribution < 1.29 is 9.13 Å². The molecule has 102 valence electrons. The van der Waals surface area contributed by atoms with E-state index in [0.29, 0.717) is 28.5 Å². The van der Waals surface area contributed by atoms with Crippen LogP contribution in [0.4, 0.5) is 10.3 Å². The topological polar surface area (TPSA) is 66.0 Å². The van der Waals surface area contributed by atoms with E-state index in [1.165, 1.54) is 23.9 Å². The molecule has 5 nitrogen and oxygen atoms in total. The number of ether oxygens (including phenoxy) is 1. The number of aromatic nitrogens is 3. The molecule has 8 heteroatoms. The van der Waals surface area contributed by atoms with Crippen LogP contribution in [0.15, 0.2) is 27.8 Å². The molecule has 0 saturated carbocycles. The maximum Gasteiger partial charge on any atom is 0.222 e. The Bertz CT molecular complexity index is 558. The number of benzene rings is 1. The highest BCUT2D eigenvalue weighted by atomic mass is 79.9. The van der Waals surface area contributed by atoms with E-state index in [9.17, 15) is 4.39 Å². The maximum atomic E-state index is 13.1. The summed E-state index contributed by atoms with van der Waals surface area (Å²) in [7, 11) is 1.79. The molecule has 0 atom stereocenters. The van der Waals surface area contributed by atoms with Gasteiger partial charge >= 0.3 is 0 Å². The molecule has 0 amide bonds. The van der Waals surface area contributed by atoms with Crippen molar-refractivity contribution in [3.8, 4) is 5.75 Å². The van der Waals surface area contributed by atoms with Crippen LogP contribution in [0, 0.1) is 5.82 Å². The second kappa shape index (κ2) is 6.25. The molecule has 1 aromatic carbocycles. The van der Waals surface area contributed by atoms with Crippen LogP contribution < -0.4 is 10.5 Å². The van der Waals surface area contributed by atoms with E-state index in [4.69, 9.17) is 10.5 Å². The Morgan fingerprint density at radius 2 is 2.21 bits per heavy atom. The normalized spacial score (nSPS) is 10.7. The van der Waals surface area contributed by atoms with Crippen molar-refractivity contribution in [2.45, 2.75) is 5.16 Å². The first kappa shape index (κ1) is 14.1. The SMILES string of the molecule is Cn1c(N)nnc1SCCOc1cc(F)cc(Br)c1. The summed E-state index contributed by atoms with van der Waals surface area (Å²) >= 11 is 4.68. The van der Waals surface area contributed by atoms with Gasteiger partial charge in [0.2, 0.25) is 5.95 Å². The van der Waals surface area contributed by atoms with E-state index < -0.39 is 0 Å². The molecule has 0 unspecified atom stereocenters. The van der Waals surface area contributed by atoms with E-state index in [0.717, 1.165) is 5.16 Å². The van der Waals surface area contributed by atoms with Gasteiger partial charge in [-0.3, -0.25) is 4.57 Å². The number of nitrogens with zero attached hydrogens (tertiary/aromatic N) is 3. The van der Waals surface area contributed by atoms with Crippen LogP contribution in [-0.4, -0.2) is 27.1 Å². The Balaban J connectivity index is 1.82. The van der Waals surface area contributed by atoms with Gasteiger partial charge in [-0.2, -0.15) is 0 Å². The third kappa shape index (κ3) is 3.84. The number of hydrogen-bond donors (Lipinski definition) is 1. The number of anilines is 1. The highest BCUT2D eigenvalue weighted by molar-refractivity contribution is 9.10. The molecule has 2 aromatic rings. The average molecular weight is 347 g/mol. The molecule has 0 spiro atoms. The predicted octanol–water partition coefficient (Wildman–Crippen LogP) is 2.47. The summed E-state index contributed by atoms with van der Waals surface area (Å²) in [6, 6.07) is 4.44. The number of thioether (sulfide) groups is 1. The van der Waals surface area contributed by atoms with Crippen LogP contribution in [0.3, 0.4) is 0 Å². The fraction of sp³-hybridized carbons (Fsp3) is 0.273. The number of nitrogens with two attached hydrogens (primary N) is 1. The molecule has 0 bridgehead atoms. The van der Waals surface area contributed by atoms with Crippen molar-refractivity contribution in [2.24, 2.45) is 7.05 Å². The number of nitrogen functional groups attached to an aromatic ring is 1.